The van der Waals surface area contributed by atoms with Crippen LogP contribution in [-0.4, -0.2) is 31.1 Å². The number of carbonyl (C=O) groups is 1. The van der Waals surface area contributed by atoms with Crippen molar-refractivity contribution in [3.8, 4) is 5.75 Å². The number of hydrogen-bond donors (Lipinski definition) is 0. The van der Waals surface area contributed by atoms with Crippen molar-refractivity contribution in [2.24, 2.45) is 5.92 Å². The molecule has 1 heterocycles. The van der Waals surface area contributed by atoms with Crippen LogP contribution in [0.5, 0.6) is 5.75 Å². The Morgan fingerprint density at radius 2 is 1.82 bits per heavy atom. The second kappa shape index (κ2) is 9.71. The summed E-state index contributed by atoms with van der Waals surface area (Å²) in [6, 6.07) is 8.82. The molecule has 1 aliphatic carbocycles. The first-order valence-corrected chi connectivity index (χ1v) is 11.2. The van der Waals surface area contributed by atoms with E-state index in [2.05, 4.69) is 0 Å². The van der Waals surface area contributed by atoms with Crippen LogP contribution in [0.2, 0.25) is 0 Å². The number of halogens is 4. The minimum Gasteiger partial charge on any atom is -0.489 e. The molecule has 4 rings (SSSR count). The largest absolute Gasteiger partial charge is 0.489 e. The first-order valence-electron chi connectivity index (χ1n) is 11.2. The number of hydrogen-bond acceptors (Lipinski definition) is 4. The van der Waals surface area contributed by atoms with Crippen LogP contribution in [-0.2, 0) is 28.9 Å². The predicted molar refractivity (Wildman–Crippen MR) is 114 cm³/mol. The molecule has 0 unspecified atom stereocenters. The lowest BCUT2D eigenvalue weighted by molar-refractivity contribution is -0.151. The van der Waals surface area contributed by atoms with Gasteiger partial charge < -0.3 is 9.47 Å². The standard InChI is InChI=1S/C25H27F4NO3/c1-32-24(31)19-13-30(14-19)12-18-7-6-16(10-23(18)26)15-33-20-8-9-21(17-4-2-3-5-17)22(11-20)25(27,28)29/h6-11,17,19H,2-5,12-15H2,1H3. The van der Waals surface area contributed by atoms with Crippen LogP contribution >= 0.6 is 0 Å². The molecule has 2 aromatic carbocycles. The van der Waals surface area contributed by atoms with Gasteiger partial charge in [0, 0.05) is 25.2 Å². The lowest BCUT2D eigenvalue weighted by Gasteiger charge is -2.37. The summed E-state index contributed by atoms with van der Waals surface area (Å²) in [5.74, 6) is -0.795. The summed E-state index contributed by atoms with van der Waals surface area (Å²) in [7, 11) is 1.35. The van der Waals surface area contributed by atoms with Crippen LogP contribution in [0, 0.1) is 11.7 Å². The Morgan fingerprint density at radius 3 is 2.45 bits per heavy atom. The number of ether oxygens (including phenoxy) is 2. The van der Waals surface area contributed by atoms with Crippen LogP contribution < -0.4 is 4.74 Å². The third-order valence-corrected chi connectivity index (χ3v) is 6.53. The number of likely N-dealkylation sites (tertiary alicyclic amines) is 1. The molecule has 1 saturated heterocycles. The van der Waals surface area contributed by atoms with E-state index in [9.17, 15) is 22.4 Å². The number of alkyl halides is 3. The summed E-state index contributed by atoms with van der Waals surface area (Å²) in [4.78, 5) is 13.4. The Morgan fingerprint density at radius 1 is 1.09 bits per heavy atom. The maximum Gasteiger partial charge on any atom is 0.416 e. The summed E-state index contributed by atoms with van der Waals surface area (Å²) >= 11 is 0. The third kappa shape index (κ3) is 5.49. The van der Waals surface area contributed by atoms with Crippen molar-refractivity contribution in [1.29, 1.82) is 0 Å². The maximum atomic E-state index is 14.5. The molecule has 33 heavy (non-hydrogen) atoms. The molecule has 0 amide bonds. The van der Waals surface area contributed by atoms with Gasteiger partial charge in [0.25, 0.3) is 0 Å². The Kier molecular flexibility index (Phi) is 6.93. The van der Waals surface area contributed by atoms with Gasteiger partial charge in [0.05, 0.1) is 18.6 Å². The van der Waals surface area contributed by atoms with Gasteiger partial charge in [-0.1, -0.05) is 31.0 Å². The lowest BCUT2D eigenvalue weighted by atomic mass is 9.92. The fourth-order valence-corrected chi connectivity index (χ4v) is 4.69. The quantitative estimate of drug-likeness (QED) is 0.389. The molecule has 0 atom stereocenters. The van der Waals surface area contributed by atoms with E-state index >= 15 is 0 Å². The zero-order valence-electron chi connectivity index (χ0n) is 18.5. The van der Waals surface area contributed by atoms with E-state index in [0.717, 1.165) is 31.7 Å². The number of benzene rings is 2. The molecule has 1 saturated carbocycles. The first kappa shape index (κ1) is 23.5. The van der Waals surface area contributed by atoms with Crippen LogP contribution in [0.15, 0.2) is 36.4 Å². The smallest absolute Gasteiger partial charge is 0.416 e. The zero-order valence-corrected chi connectivity index (χ0v) is 18.5. The van der Waals surface area contributed by atoms with Gasteiger partial charge in [0.1, 0.15) is 18.2 Å². The predicted octanol–water partition coefficient (Wildman–Crippen LogP) is 5.69. The fourth-order valence-electron chi connectivity index (χ4n) is 4.69. The number of carbonyl (C=O) groups excluding carboxylic acids is 1. The van der Waals surface area contributed by atoms with Crippen LogP contribution in [0.4, 0.5) is 17.6 Å². The highest BCUT2D eigenvalue weighted by Gasteiger charge is 2.36. The van der Waals surface area contributed by atoms with Gasteiger partial charge in [-0.3, -0.25) is 9.69 Å². The van der Waals surface area contributed by atoms with Gasteiger partial charge in [-0.25, -0.2) is 4.39 Å². The van der Waals surface area contributed by atoms with Crippen molar-refractivity contribution >= 4 is 5.97 Å². The molecule has 2 aliphatic rings. The normalized spacial score (nSPS) is 17.7. The molecule has 1 aliphatic heterocycles. The Labute approximate surface area is 190 Å². The lowest BCUT2D eigenvalue weighted by Crippen LogP contribution is -2.50. The average molecular weight is 465 g/mol. The van der Waals surface area contributed by atoms with E-state index in [1.165, 1.54) is 19.2 Å². The van der Waals surface area contributed by atoms with E-state index in [-0.39, 0.29) is 30.2 Å². The van der Waals surface area contributed by atoms with Crippen LogP contribution in [0.1, 0.15) is 53.9 Å². The van der Waals surface area contributed by atoms with Gasteiger partial charge in [0.2, 0.25) is 0 Å². The molecule has 8 heteroatoms. The summed E-state index contributed by atoms with van der Waals surface area (Å²) in [5.41, 5.74) is 0.708. The maximum absolute atomic E-state index is 14.5. The Balaban J connectivity index is 1.38. The molecule has 0 N–H and O–H groups in total. The highest BCUT2D eigenvalue weighted by molar-refractivity contribution is 5.73. The van der Waals surface area contributed by atoms with E-state index in [1.807, 2.05) is 4.90 Å². The summed E-state index contributed by atoms with van der Waals surface area (Å²) in [6.45, 7) is 1.38. The molecule has 2 fully saturated rings. The molecule has 178 valence electrons. The molecule has 2 aromatic rings. The SMILES string of the molecule is COC(=O)C1CN(Cc2ccc(COc3ccc(C4CCCC4)c(C(F)(F)F)c3)cc2F)C1. The summed E-state index contributed by atoms with van der Waals surface area (Å²) < 4.78 is 65.7. The van der Waals surface area contributed by atoms with Gasteiger partial charge in [-0.05, 0) is 48.1 Å². The van der Waals surface area contributed by atoms with Crippen molar-refractivity contribution < 1.29 is 31.8 Å². The second-order valence-electron chi connectivity index (χ2n) is 8.86. The van der Waals surface area contributed by atoms with E-state index in [4.69, 9.17) is 9.47 Å². The topological polar surface area (TPSA) is 38.8 Å². The highest BCUT2D eigenvalue weighted by Crippen LogP contribution is 2.42. The zero-order chi connectivity index (χ0) is 23.6. The second-order valence-corrected chi connectivity index (χ2v) is 8.86. The van der Waals surface area contributed by atoms with Crippen LogP contribution in [0.3, 0.4) is 0 Å². The number of esters is 1. The Bertz CT molecular complexity index is 996. The number of nitrogens with zero attached hydrogens (tertiary/aromatic N) is 1. The van der Waals surface area contributed by atoms with Gasteiger partial charge in [0.15, 0.2) is 0 Å². The fraction of sp³-hybridized carbons (Fsp3) is 0.480. The average Bonchev–Trinajstić information content (AvgIpc) is 3.29. The third-order valence-electron chi connectivity index (χ3n) is 6.53. The molecule has 0 aromatic heterocycles. The molecule has 0 spiro atoms. The molecule has 0 radical (unpaired) electrons. The van der Waals surface area contributed by atoms with E-state index < -0.39 is 17.6 Å². The molecule has 4 nitrogen and oxygen atoms in total. The minimum absolute atomic E-state index is 0.0363. The van der Waals surface area contributed by atoms with Gasteiger partial charge in [-0.15, -0.1) is 0 Å². The number of methoxy groups -OCH3 is 1. The van der Waals surface area contributed by atoms with Crippen molar-refractivity contribution in [3.05, 3.63) is 64.5 Å². The first-order chi connectivity index (χ1) is 15.7. The highest BCUT2D eigenvalue weighted by atomic mass is 19.4. The van der Waals surface area contributed by atoms with Crippen molar-refractivity contribution in [2.45, 2.75) is 50.9 Å². The monoisotopic (exact) mass is 465 g/mol. The summed E-state index contributed by atoms with van der Waals surface area (Å²) in [6.07, 6.45) is -1.00. The van der Waals surface area contributed by atoms with Crippen molar-refractivity contribution in [1.82, 2.24) is 4.90 Å². The van der Waals surface area contributed by atoms with Crippen LogP contribution in [0.25, 0.3) is 0 Å². The molecular weight excluding hydrogens is 438 g/mol. The molecular formula is C25H27F4NO3. The van der Waals surface area contributed by atoms with Crippen molar-refractivity contribution in [3.63, 3.8) is 0 Å². The Hall–Kier alpha value is -2.61. The minimum atomic E-state index is -4.45. The van der Waals surface area contributed by atoms with E-state index in [1.54, 1.807) is 18.2 Å². The van der Waals surface area contributed by atoms with Crippen molar-refractivity contribution in [2.75, 3.05) is 20.2 Å². The summed E-state index contributed by atoms with van der Waals surface area (Å²) in [5, 5.41) is 0. The van der Waals surface area contributed by atoms with Gasteiger partial charge in [-0.2, -0.15) is 13.2 Å². The number of rotatable bonds is 7. The van der Waals surface area contributed by atoms with E-state index in [0.29, 0.717) is 36.3 Å². The molecule has 0 bridgehead atoms. The van der Waals surface area contributed by atoms with Gasteiger partial charge >= 0.3 is 12.1 Å².